The highest BCUT2D eigenvalue weighted by molar-refractivity contribution is 7.07. The number of hydrogen-bond donors (Lipinski definition) is 1. The van der Waals surface area contributed by atoms with Gasteiger partial charge < -0.3 is 5.32 Å². The lowest BCUT2D eigenvalue weighted by Crippen LogP contribution is -2.34. The molecule has 0 fully saturated rings. The molecule has 1 N–H and O–H groups in total. The molecular weight excluding hydrogens is 242 g/mol. The van der Waals surface area contributed by atoms with Crippen LogP contribution in [-0.2, 0) is 6.54 Å². The molecule has 1 rings (SSSR count). The molecule has 1 aromatic rings. The Morgan fingerprint density at radius 1 is 1.44 bits per heavy atom. The molecule has 0 aliphatic rings. The van der Waals surface area contributed by atoms with Crippen LogP contribution in [-0.4, -0.2) is 36.1 Å². The van der Waals surface area contributed by atoms with Gasteiger partial charge in [-0.05, 0) is 20.4 Å². The van der Waals surface area contributed by atoms with Crippen LogP contribution in [0.3, 0.4) is 0 Å². The minimum Gasteiger partial charge on any atom is -0.313 e. The van der Waals surface area contributed by atoms with Crippen molar-refractivity contribution in [3.05, 3.63) is 16.6 Å². The summed E-state index contributed by atoms with van der Waals surface area (Å²) in [5, 5.41) is 5.71. The zero-order chi connectivity index (χ0) is 13.2. The Hall–Kier alpha value is -0.450. The maximum absolute atomic E-state index is 4.31. The van der Waals surface area contributed by atoms with E-state index in [0.29, 0.717) is 6.04 Å². The lowest BCUT2D eigenvalue weighted by Gasteiger charge is -2.18. The van der Waals surface area contributed by atoms with Gasteiger partial charge in [0.15, 0.2) is 0 Å². The SMILES string of the molecule is CCCCCC(C)NCCN(C)Cc1cscn1. The summed E-state index contributed by atoms with van der Waals surface area (Å²) in [5.41, 5.74) is 3.08. The van der Waals surface area contributed by atoms with E-state index < -0.39 is 0 Å². The van der Waals surface area contributed by atoms with Crippen LogP contribution in [0.4, 0.5) is 0 Å². The number of likely N-dealkylation sites (N-methyl/N-ethyl adjacent to an activating group) is 1. The normalized spacial score (nSPS) is 13.1. The lowest BCUT2D eigenvalue weighted by atomic mass is 10.1. The quantitative estimate of drug-likeness (QED) is 0.661. The lowest BCUT2D eigenvalue weighted by molar-refractivity contribution is 0.313. The van der Waals surface area contributed by atoms with E-state index >= 15 is 0 Å². The Kier molecular flexibility index (Phi) is 8.22. The van der Waals surface area contributed by atoms with E-state index in [0.717, 1.165) is 19.6 Å². The summed E-state index contributed by atoms with van der Waals surface area (Å²) in [6, 6.07) is 0.643. The number of hydrogen-bond acceptors (Lipinski definition) is 4. The second-order valence-corrected chi connectivity index (χ2v) is 5.79. The largest absolute Gasteiger partial charge is 0.313 e. The zero-order valence-electron chi connectivity index (χ0n) is 12.0. The monoisotopic (exact) mass is 269 g/mol. The fourth-order valence-corrected chi connectivity index (χ4v) is 2.53. The van der Waals surface area contributed by atoms with Crippen molar-refractivity contribution in [3.8, 4) is 0 Å². The summed E-state index contributed by atoms with van der Waals surface area (Å²) in [6.45, 7) is 7.64. The molecule has 0 amide bonds. The second kappa shape index (κ2) is 9.48. The van der Waals surface area contributed by atoms with Crippen LogP contribution in [0.25, 0.3) is 0 Å². The molecule has 18 heavy (non-hydrogen) atoms. The van der Waals surface area contributed by atoms with E-state index in [1.807, 2.05) is 5.51 Å². The van der Waals surface area contributed by atoms with E-state index in [9.17, 15) is 0 Å². The number of aromatic nitrogens is 1. The van der Waals surface area contributed by atoms with E-state index in [-0.39, 0.29) is 0 Å². The third-order valence-corrected chi connectivity index (χ3v) is 3.78. The predicted molar refractivity (Wildman–Crippen MR) is 80.1 cm³/mol. The number of nitrogens with one attached hydrogen (secondary N) is 1. The average molecular weight is 269 g/mol. The Bertz CT molecular complexity index is 287. The van der Waals surface area contributed by atoms with Crippen LogP contribution in [0.1, 0.15) is 45.2 Å². The number of rotatable bonds is 10. The van der Waals surface area contributed by atoms with Crippen molar-refractivity contribution in [1.82, 2.24) is 15.2 Å². The van der Waals surface area contributed by atoms with Gasteiger partial charge in [0.05, 0.1) is 11.2 Å². The molecule has 0 radical (unpaired) electrons. The van der Waals surface area contributed by atoms with Crippen molar-refractivity contribution < 1.29 is 0 Å². The van der Waals surface area contributed by atoms with Gasteiger partial charge in [0.25, 0.3) is 0 Å². The van der Waals surface area contributed by atoms with Gasteiger partial charge in [0, 0.05) is 31.1 Å². The fraction of sp³-hybridized carbons (Fsp3) is 0.786. The maximum Gasteiger partial charge on any atom is 0.0795 e. The Morgan fingerprint density at radius 3 is 2.94 bits per heavy atom. The molecule has 0 spiro atoms. The Balaban J connectivity index is 2.02. The molecule has 1 atom stereocenters. The van der Waals surface area contributed by atoms with Crippen LogP contribution >= 0.6 is 11.3 Å². The van der Waals surface area contributed by atoms with Crippen LogP contribution in [0.15, 0.2) is 10.9 Å². The van der Waals surface area contributed by atoms with Gasteiger partial charge >= 0.3 is 0 Å². The molecule has 1 unspecified atom stereocenters. The van der Waals surface area contributed by atoms with Gasteiger partial charge in [0.2, 0.25) is 0 Å². The molecule has 0 aromatic carbocycles. The number of unbranched alkanes of at least 4 members (excludes halogenated alkanes) is 2. The third kappa shape index (κ3) is 7.09. The minimum absolute atomic E-state index is 0.643. The molecule has 0 bridgehead atoms. The third-order valence-electron chi connectivity index (χ3n) is 3.14. The highest BCUT2D eigenvalue weighted by Gasteiger charge is 2.04. The molecule has 1 heterocycles. The van der Waals surface area contributed by atoms with Crippen molar-refractivity contribution in [2.75, 3.05) is 20.1 Å². The maximum atomic E-state index is 4.31. The molecule has 0 aliphatic heterocycles. The van der Waals surface area contributed by atoms with Crippen molar-refractivity contribution in [2.45, 2.75) is 52.1 Å². The molecule has 104 valence electrons. The summed E-state index contributed by atoms with van der Waals surface area (Å²) in [5.74, 6) is 0. The van der Waals surface area contributed by atoms with Gasteiger partial charge in [-0.25, -0.2) is 4.98 Å². The van der Waals surface area contributed by atoms with Gasteiger partial charge in [-0.1, -0.05) is 26.2 Å². The summed E-state index contributed by atoms with van der Waals surface area (Å²) in [6.07, 6.45) is 5.31. The molecule has 4 heteroatoms. The van der Waals surface area contributed by atoms with E-state index in [4.69, 9.17) is 0 Å². The zero-order valence-corrected chi connectivity index (χ0v) is 12.8. The first-order chi connectivity index (χ1) is 8.72. The predicted octanol–water partition coefficient (Wildman–Crippen LogP) is 3.13. The summed E-state index contributed by atoms with van der Waals surface area (Å²) in [4.78, 5) is 6.63. The molecule has 0 aliphatic carbocycles. The van der Waals surface area contributed by atoms with E-state index in [1.165, 1.54) is 31.4 Å². The Labute approximate surface area is 116 Å². The highest BCUT2D eigenvalue weighted by atomic mass is 32.1. The first kappa shape index (κ1) is 15.6. The van der Waals surface area contributed by atoms with Crippen LogP contribution in [0, 0.1) is 0 Å². The molecule has 1 aromatic heterocycles. The van der Waals surface area contributed by atoms with Crippen LogP contribution in [0.2, 0.25) is 0 Å². The number of thiazole rings is 1. The summed E-state index contributed by atoms with van der Waals surface area (Å²) >= 11 is 1.67. The van der Waals surface area contributed by atoms with Crippen LogP contribution < -0.4 is 5.32 Å². The molecule has 3 nitrogen and oxygen atoms in total. The smallest absolute Gasteiger partial charge is 0.0795 e. The van der Waals surface area contributed by atoms with Gasteiger partial charge in [-0.2, -0.15) is 0 Å². The number of nitrogens with zero attached hydrogens (tertiary/aromatic N) is 2. The first-order valence-corrected chi connectivity index (χ1v) is 7.95. The van der Waals surface area contributed by atoms with Crippen molar-refractivity contribution in [1.29, 1.82) is 0 Å². The van der Waals surface area contributed by atoms with Crippen LogP contribution in [0.5, 0.6) is 0 Å². The van der Waals surface area contributed by atoms with Gasteiger partial charge in [-0.3, -0.25) is 4.90 Å². The van der Waals surface area contributed by atoms with Crippen molar-refractivity contribution in [3.63, 3.8) is 0 Å². The minimum atomic E-state index is 0.643. The molecular formula is C14H27N3S. The van der Waals surface area contributed by atoms with E-state index in [1.54, 1.807) is 11.3 Å². The van der Waals surface area contributed by atoms with E-state index in [2.05, 4.69) is 41.5 Å². The molecule has 0 saturated heterocycles. The van der Waals surface area contributed by atoms with Gasteiger partial charge in [0.1, 0.15) is 0 Å². The topological polar surface area (TPSA) is 28.2 Å². The molecule has 0 saturated carbocycles. The average Bonchev–Trinajstić information content (AvgIpc) is 2.82. The van der Waals surface area contributed by atoms with Gasteiger partial charge in [-0.15, -0.1) is 11.3 Å². The first-order valence-electron chi connectivity index (χ1n) is 7.01. The summed E-state index contributed by atoms with van der Waals surface area (Å²) < 4.78 is 0. The van der Waals surface area contributed by atoms with Crippen molar-refractivity contribution >= 4 is 11.3 Å². The second-order valence-electron chi connectivity index (χ2n) is 5.07. The van der Waals surface area contributed by atoms with Crippen molar-refractivity contribution in [2.24, 2.45) is 0 Å². The Morgan fingerprint density at radius 2 is 2.28 bits per heavy atom. The fourth-order valence-electron chi connectivity index (χ4n) is 1.98. The highest BCUT2D eigenvalue weighted by Crippen LogP contribution is 2.04. The standard InChI is InChI=1S/C14H27N3S/c1-4-5-6-7-13(2)15-8-9-17(3)10-14-11-18-12-16-14/h11-13,15H,4-10H2,1-3H3. The summed E-state index contributed by atoms with van der Waals surface area (Å²) in [7, 11) is 2.16.